The molecule has 7 heteroatoms. The number of hydrogen-bond donors (Lipinski definition) is 0. The molecule has 1 saturated heterocycles. The van der Waals surface area contributed by atoms with Crippen LogP contribution in [-0.4, -0.2) is 38.7 Å². The van der Waals surface area contributed by atoms with E-state index in [2.05, 4.69) is 18.8 Å². The van der Waals surface area contributed by atoms with Gasteiger partial charge in [-0.2, -0.15) is 0 Å². The lowest BCUT2D eigenvalue weighted by Gasteiger charge is -2.36. The Morgan fingerprint density at radius 3 is 2.64 bits per heavy atom. The number of halogens is 1. The van der Waals surface area contributed by atoms with Crippen LogP contribution in [0.4, 0.5) is 0 Å². The predicted octanol–water partition coefficient (Wildman–Crippen LogP) is 4.45. The lowest BCUT2D eigenvalue weighted by molar-refractivity contribution is -0.132. The van der Waals surface area contributed by atoms with Crippen molar-refractivity contribution in [1.29, 1.82) is 0 Å². The second-order valence-electron chi connectivity index (χ2n) is 7.96. The average Bonchev–Trinajstić information content (AvgIpc) is 2.63. The summed E-state index contributed by atoms with van der Waals surface area (Å²) in [6.45, 7) is 10.5. The molecule has 1 aromatic carbocycles. The Hall–Kier alpha value is -1.53. The van der Waals surface area contributed by atoms with E-state index in [1.807, 2.05) is 18.7 Å². The molecule has 3 atom stereocenters. The molecule has 1 aliphatic rings. The van der Waals surface area contributed by atoms with Crippen LogP contribution in [0.1, 0.15) is 40.5 Å². The zero-order valence-electron chi connectivity index (χ0n) is 16.9. The summed E-state index contributed by atoms with van der Waals surface area (Å²) >= 11 is 7.46. The van der Waals surface area contributed by atoms with E-state index >= 15 is 0 Å². The summed E-state index contributed by atoms with van der Waals surface area (Å²) in [5.41, 5.74) is 0.498. The minimum absolute atomic E-state index is 0.0779. The molecule has 0 radical (unpaired) electrons. The van der Waals surface area contributed by atoms with Gasteiger partial charge in [0.25, 0.3) is 5.56 Å². The first-order chi connectivity index (χ1) is 13.3. The summed E-state index contributed by atoms with van der Waals surface area (Å²) in [5.74, 6) is 1.15. The molecule has 0 aliphatic carbocycles. The highest BCUT2D eigenvalue weighted by atomic mass is 35.5. The van der Waals surface area contributed by atoms with Gasteiger partial charge in [-0.15, -0.1) is 0 Å². The van der Waals surface area contributed by atoms with Gasteiger partial charge in [0.2, 0.25) is 5.91 Å². The maximum Gasteiger partial charge on any atom is 0.262 e. The Labute approximate surface area is 175 Å². The van der Waals surface area contributed by atoms with Gasteiger partial charge >= 0.3 is 0 Å². The van der Waals surface area contributed by atoms with Gasteiger partial charge in [0.1, 0.15) is 0 Å². The van der Waals surface area contributed by atoms with Gasteiger partial charge in [-0.3, -0.25) is 14.2 Å². The molecule has 0 N–H and O–H groups in total. The van der Waals surface area contributed by atoms with Crippen molar-refractivity contribution in [2.75, 3.05) is 13.1 Å². The fourth-order valence-corrected chi connectivity index (χ4v) is 5.18. The topological polar surface area (TPSA) is 55.2 Å². The molecular formula is C21H28ClN3O2S. The highest BCUT2D eigenvalue weighted by Crippen LogP contribution is 2.28. The fourth-order valence-electron chi connectivity index (χ4n) is 3.99. The number of hydrogen-bond acceptors (Lipinski definition) is 4. The first-order valence-electron chi connectivity index (χ1n) is 9.95. The lowest BCUT2D eigenvalue weighted by atomic mass is 9.92. The molecule has 0 spiro atoms. The Balaban J connectivity index is 1.90. The van der Waals surface area contributed by atoms with Crippen molar-refractivity contribution < 1.29 is 4.79 Å². The van der Waals surface area contributed by atoms with Gasteiger partial charge in [-0.1, -0.05) is 44.1 Å². The Kier molecular flexibility index (Phi) is 6.71. The first kappa shape index (κ1) is 21.2. The maximum atomic E-state index is 13.0. The number of nitrogens with zero attached hydrogens (tertiary/aromatic N) is 3. The number of likely N-dealkylation sites (tertiary alicyclic amines) is 1. The minimum atomic E-state index is -0.302. The molecule has 152 valence electrons. The quantitative estimate of drug-likeness (QED) is 0.528. The molecule has 1 fully saturated rings. The van der Waals surface area contributed by atoms with E-state index in [9.17, 15) is 9.59 Å². The zero-order valence-corrected chi connectivity index (χ0v) is 18.5. The monoisotopic (exact) mass is 421 g/mol. The predicted molar refractivity (Wildman–Crippen MR) is 116 cm³/mol. The highest BCUT2D eigenvalue weighted by Gasteiger charge is 2.29. The van der Waals surface area contributed by atoms with Gasteiger partial charge in [0.15, 0.2) is 5.16 Å². The molecule has 3 unspecified atom stereocenters. The number of piperidine rings is 1. The number of carbonyl (C=O) groups is 1. The van der Waals surface area contributed by atoms with Crippen LogP contribution >= 0.6 is 23.4 Å². The number of rotatable bonds is 5. The molecule has 3 rings (SSSR count). The molecule has 2 aromatic rings. The van der Waals surface area contributed by atoms with Crippen LogP contribution < -0.4 is 5.56 Å². The van der Waals surface area contributed by atoms with E-state index in [-0.39, 0.29) is 16.7 Å². The number of benzene rings is 1. The van der Waals surface area contributed by atoms with Crippen LogP contribution in [0.5, 0.6) is 0 Å². The van der Waals surface area contributed by atoms with Gasteiger partial charge in [-0.05, 0) is 49.8 Å². The summed E-state index contributed by atoms with van der Waals surface area (Å²) in [5, 5.41) is 1.38. The van der Waals surface area contributed by atoms with Crippen LogP contribution in [0.3, 0.4) is 0 Å². The van der Waals surface area contributed by atoms with Crippen molar-refractivity contribution >= 4 is 40.2 Å². The van der Waals surface area contributed by atoms with Gasteiger partial charge in [0, 0.05) is 24.7 Å². The molecule has 0 bridgehead atoms. The van der Waals surface area contributed by atoms with Crippen molar-refractivity contribution in [3.63, 3.8) is 0 Å². The van der Waals surface area contributed by atoms with Crippen LogP contribution in [0.25, 0.3) is 10.9 Å². The van der Waals surface area contributed by atoms with Crippen LogP contribution in [0.15, 0.2) is 28.2 Å². The molecule has 1 amide bonds. The van der Waals surface area contributed by atoms with E-state index in [0.29, 0.717) is 39.5 Å². The SMILES string of the molecule is CCCn1c(SC(C)C(=O)N2CC(C)CC(C)C2)nc2cc(Cl)ccc2c1=O. The summed E-state index contributed by atoms with van der Waals surface area (Å²) < 4.78 is 1.69. The van der Waals surface area contributed by atoms with Gasteiger partial charge < -0.3 is 4.90 Å². The smallest absolute Gasteiger partial charge is 0.262 e. The molecule has 5 nitrogen and oxygen atoms in total. The van der Waals surface area contributed by atoms with E-state index in [4.69, 9.17) is 11.6 Å². The summed E-state index contributed by atoms with van der Waals surface area (Å²) in [4.78, 5) is 32.6. The standard InChI is InChI=1S/C21H28ClN3O2S/c1-5-8-25-20(27)17-7-6-16(22)10-18(17)23-21(25)28-15(4)19(26)24-11-13(2)9-14(3)12-24/h6-7,10,13-15H,5,8-9,11-12H2,1-4H3. The summed E-state index contributed by atoms with van der Waals surface area (Å²) in [7, 11) is 0. The Morgan fingerprint density at radius 1 is 1.32 bits per heavy atom. The minimum Gasteiger partial charge on any atom is -0.341 e. The normalized spacial score (nSPS) is 21.1. The van der Waals surface area contributed by atoms with E-state index in [0.717, 1.165) is 25.9 Å². The van der Waals surface area contributed by atoms with E-state index < -0.39 is 0 Å². The maximum absolute atomic E-state index is 13.0. The Morgan fingerprint density at radius 2 is 2.00 bits per heavy atom. The highest BCUT2D eigenvalue weighted by molar-refractivity contribution is 8.00. The van der Waals surface area contributed by atoms with E-state index in [1.165, 1.54) is 11.8 Å². The van der Waals surface area contributed by atoms with Gasteiger partial charge in [0.05, 0.1) is 16.2 Å². The number of fused-ring (bicyclic) bond motifs is 1. The molecule has 1 aromatic heterocycles. The van der Waals surface area contributed by atoms with Crippen LogP contribution in [0, 0.1) is 11.8 Å². The molecule has 2 heterocycles. The van der Waals surface area contributed by atoms with Crippen molar-refractivity contribution in [2.45, 2.75) is 57.5 Å². The number of amides is 1. The molecule has 0 saturated carbocycles. The fraction of sp³-hybridized carbons (Fsp3) is 0.571. The Bertz CT molecular complexity index is 920. The molecule has 28 heavy (non-hydrogen) atoms. The zero-order chi connectivity index (χ0) is 20.4. The van der Waals surface area contributed by atoms with Crippen molar-refractivity contribution in [1.82, 2.24) is 14.5 Å². The van der Waals surface area contributed by atoms with Crippen LogP contribution in [-0.2, 0) is 11.3 Å². The number of thioether (sulfide) groups is 1. The lowest BCUT2D eigenvalue weighted by Crippen LogP contribution is -2.45. The third-order valence-electron chi connectivity index (χ3n) is 5.14. The largest absolute Gasteiger partial charge is 0.341 e. The average molecular weight is 422 g/mol. The number of carbonyl (C=O) groups excluding carboxylic acids is 1. The van der Waals surface area contributed by atoms with Crippen molar-refractivity contribution in [3.05, 3.63) is 33.6 Å². The molecule has 1 aliphatic heterocycles. The number of aromatic nitrogens is 2. The van der Waals surface area contributed by atoms with Gasteiger partial charge in [-0.25, -0.2) is 4.98 Å². The second kappa shape index (κ2) is 8.87. The third-order valence-corrected chi connectivity index (χ3v) is 6.45. The second-order valence-corrected chi connectivity index (χ2v) is 9.71. The third kappa shape index (κ3) is 4.54. The van der Waals surface area contributed by atoms with E-state index in [1.54, 1.807) is 22.8 Å². The van der Waals surface area contributed by atoms with Crippen molar-refractivity contribution in [2.24, 2.45) is 11.8 Å². The summed E-state index contributed by atoms with van der Waals surface area (Å²) in [6, 6.07) is 5.14. The molecular weight excluding hydrogens is 394 g/mol. The first-order valence-corrected chi connectivity index (χ1v) is 11.2. The van der Waals surface area contributed by atoms with Crippen molar-refractivity contribution in [3.8, 4) is 0 Å². The summed E-state index contributed by atoms with van der Waals surface area (Å²) in [6.07, 6.45) is 1.98. The van der Waals surface area contributed by atoms with Crippen LogP contribution in [0.2, 0.25) is 5.02 Å².